The highest BCUT2D eigenvalue weighted by molar-refractivity contribution is 7.09. The highest BCUT2D eigenvalue weighted by Crippen LogP contribution is 2.15. The highest BCUT2D eigenvalue weighted by atomic mass is 32.1. The molecule has 0 atom stereocenters. The van der Waals surface area contributed by atoms with E-state index in [1.54, 1.807) is 12.1 Å². The molecule has 0 aliphatic rings. The summed E-state index contributed by atoms with van der Waals surface area (Å²) in [6, 6.07) is 6.37. The van der Waals surface area contributed by atoms with Gasteiger partial charge in [0.25, 0.3) is 0 Å². The molecule has 1 aromatic carbocycles. The molecule has 0 radical (unpaired) electrons. The lowest BCUT2D eigenvalue weighted by atomic mass is 10.1. The van der Waals surface area contributed by atoms with Crippen LogP contribution < -0.4 is 0 Å². The third kappa shape index (κ3) is 2.73. The van der Waals surface area contributed by atoms with Gasteiger partial charge in [-0.05, 0) is 17.7 Å². The molecule has 0 aliphatic heterocycles. The molecule has 0 spiro atoms. The van der Waals surface area contributed by atoms with Crippen molar-refractivity contribution in [3.8, 4) is 0 Å². The average molecular weight is 235 g/mol. The number of nitrogens with zero attached hydrogens (tertiary/aromatic N) is 1. The summed E-state index contributed by atoms with van der Waals surface area (Å²) in [6.07, 6.45) is 1.89. The van der Waals surface area contributed by atoms with E-state index in [0.717, 1.165) is 22.6 Å². The first-order valence-electron chi connectivity index (χ1n) is 4.89. The molecule has 0 N–H and O–H groups in total. The van der Waals surface area contributed by atoms with Gasteiger partial charge in [-0.3, -0.25) is 0 Å². The second-order valence-electron chi connectivity index (χ2n) is 3.41. The van der Waals surface area contributed by atoms with Gasteiger partial charge >= 0.3 is 0 Å². The first-order valence-corrected chi connectivity index (χ1v) is 5.77. The van der Waals surface area contributed by atoms with E-state index in [-0.39, 0.29) is 5.82 Å². The van der Waals surface area contributed by atoms with E-state index < -0.39 is 0 Å². The van der Waals surface area contributed by atoms with Crippen LogP contribution in [0.1, 0.15) is 16.3 Å². The Bertz CT molecular complexity index is 478. The van der Waals surface area contributed by atoms with E-state index in [9.17, 15) is 9.18 Å². The maximum Gasteiger partial charge on any atom is 0.125 e. The fourth-order valence-electron chi connectivity index (χ4n) is 1.39. The Morgan fingerprint density at radius 3 is 2.75 bits per heavy atom. The number of benzene rings is 1. The molecular weight excluding hydrogens is 225 g/mol. The fraction of sp³-hybridized carbons (Fsp3) is 0.167. The minimum atomic E-state index is -0.232. The molecule has 2 nitrogen and oxygen atoms in total. The van der Waals surface area contributed by atoms with Crippen LogP contribution in [0.15, 0.2) is 29.6 Å². The van der Waals surface area contributed by atoms with Crippen molar-refractivity contribution in [3.63, 3.8) is 0 Å². The van der Waals surface area contributed by atoms with Crippen LogP contribution in [0.2, 0.25) is 0 Å². The summed E-state index contributed by atoms with van der Waals surface area (Å²) >= 11 is 1.52. The van der Waals surface area contributed by atoms with Crippen LogP contribution in [0.25, 0.3) is 0 Å². The van der Waals surface area contributed by atoms with E-state index in [0.29, 0.717) is 12.8 Å². The Labute approximate surface area is 96.8 Å². The molecule has 0 bridgehead atoms. The number of halogens is 1. The van der Waals surface area contributed by atoms with Crippen molar-refractivity contribution in [1.29, 1.82) is 0 Å². The maximum absolute atomic E-state index is 12.7. The summed E-state index contributed by atoms with van der Waals surface area (Å²) in [4.78, 5) is 14.6. The first-order chi connectivity index (χ1) is 7.78. The van der Waals surface area contributed by atoms with Gasteiger partial charge in [-0.25, -0.2) is 9.37 Å². The minimum Gasteiger partial charge on any atom is -0.303 e. The summed E-state index contributed by atoms with van der Waals surface area (Å²) in [5.41, 5.74) is 1.82. The van der Waals surface area contributed by atoms with Gasteiger partial charge in [-0.15, -0.1) is 11.3 Å². The average Bonchev–Trinajstić information content (AvgIpc) is 2.70. The standard InChI is InChI=1S/C12H10FNOS/c13-10-3-1-9(2-4-10)7-12-14-11(5-6-15)8-16-12/h1-4,6,8H,5,7H2. The predicted molar refractivity (Wildman–Crippen MR) is 61.1 cm³/mol. The number of carbonyl (C=O) groups excluding carboxylic acids is 1. The van der Waals surface area contributed by atoms with Crippen molar-refractivity contribution >= 4 is 17.6 Å². The van der Waals surface area contributed by atoms with Gasteiger partial charge in [0.2, 0.25) is 0 Å². The molecular formula is C12H10FNOS. The summed E-state index contributed by atoms with van der Waals surface area (Å²) in [5, 5.41) is 2.83. The molecule has 82 valence electrons. The van der Waals surface area contributed by atoms with Crippen molar-refractivity contribution in [2.24, 2.45) is 0 Å². The van der Waals surface area contributed by atoms with Crippen molar-refractivity contribution in [3.05, 3.63) is 51.7 Å². The third-order valence-corrected chi connectivity index (χ3v) is 3.06. The third-order valence-electron chi connectivity index (χ3n) is 2.16. The highest BCUT2D eigenvalue weighted by Gasteiger charge is 2.03. The topological polar surface area (TPSA) is 30.0 Å². The van der Waals surface area contributed by atoms with Crippen molar-refractivity contribution in [2.75, 3.05) is 0 Å². The first kappa shape index (κ1) is 11.0. The molecule has 4 heteroatoms. The van der Waals surface area contributed by atoms with Crippen LogP contribution in [-0.4, -0.2) is 11.3 Å². The fourth-order valence-corrected chi connectivity index (χ4v) is 2.23. The van der Waals surface area contributed by atoms with Crippen LogP contribution in [0, 0.1) is 5.82 Å². The quantitative estimate of drug-likeness (QED) is 0.762. The summed E-state index contributed by atoms with van der Waals surface area (Å²) in [7, 11) is 0. The van der Waals surface area contributed by atoms with Crippen LogP contribution in [0.5, 0.6) is 0 Å². The molecule has 0 amide bonds. The summed E-state index contributed by atoms with van der Waals surface area (Å²) in [5.74, 6) is -0.232. The molecule has 2 rings (SSSR count). The van der Waals surface area contributed by atoms with Crippen LogP contribution >= 0.6 is 11.3 Å². The van der Waals surface area contributed by atoms with Crippen LogP contribution in [0.4, 0.5) is 4.39 Å². The molecule has 1 aromatic heterocycles. The van der Waals surface area contributed by atoms with E-state index >= 15 is 0 Å². The largest absolute Gasteiger partial charge is 0.303 e. The zero-order valence-corrected chi connectivity index (χ0v) is 9.34. The molecule has 0 fully saturated rings. The number of hydrogen-bond donors (Lipinski definition) is 0. The monoisotopic (exact) mass is 235 g/mol. The number of hydrogen-bond acceptors (Lipinski definition) is 3. The maximum atomic E-state index is 12.7. The second-order valence-corrected chi connectivity index (χ2v) is 4.35. The molecule has 16 heavy (non-hydrogen) atoms. The van der Waals surface area contributed by atoms with Gasteiger partial charge in [-0.1, -0.05) is 12.1 Å². The lowest BCUT2D eigenvalue weighted by Crippen LogP contribution is -1.90. The molecule has 0 saturated carbocycles. The Hall–Kier alpha value is -1.55. The van der Waals surface area contributed by atoms with Crippen LogP contribution in [-0.2, 0) is 17.6 Å². The Morgan fingerprint density at radius 2 is 2.06 bits per heavy atom. The van der Waals surface area contributed by atoms with Crippen molar-refractivity contribution in [1.82, 2.24) is 4.98 Å². The Kier molecular flexibility index (Phi) is 3.41. The smallest absolute Gasteiger partial charge is 0.125 e. The number of carbonyl (C=O) groups is 1. The number of aromatic nitrogens is 1. The van der Waals surface area contributed by atoms with Gasteiger partial charge in [0.05, 0.1) is 10.7 Å². The van der Waals surface area contributed by atoms with E-state index in [4.69, 9.17) is 0 Å². The second kappa shape index (κ2) is 4.99. The summed E-state index contributed by atoms with van der Waals surface area (Å²) in [6.45, 7) is 0. The van der Waals surface area contributed by atoms with Crippen molar-refractivity contribution in [2.45, 2.75) is 12.8 Å². The van der Waals surface area contributed by atoms with Gasteiger partial charge in [0.15, 0.2) is 0 Å². The minimum absolute atomic E-state index is 0.232. The van der Waals surface area contributed by atoms with Gasteiger partial charge < -0.3 is 4.79 Å². The molecule has 1 heterocycles. The van der Waals surface area contributed by atoms with E-state index in [1.165, 1.54) is 23.5 Å². The van der Waals surface area contributed by atoms with E-state index in [1.807, 2.05) is 5.38 Å². The zero-order valence-electron chi connectivity index (χ0n) is 8.52. The lowest BCUT2D eigenvalue weighted by molar-refractivity contribution is -0.107. The van der Waals surface area contributed by atoms with Gasteiger partial charge in [-0.2, -0.15) is 0 Å². The van der Waals surface area contributed by atoms with Gasteiger partial charge in [0, 0.05) is 18.2 Å². The Morgan fingerprint density at radius 1 is 1.31 bits per heavy atom. The van der Waals surface area contributed by atoms with E-state index in [2.05, 4.69) is 4.98 Å². The van der Waals surface area contributed by atoms with Crippen LogP contribution in [0.3, 0.4) is 0 Å². The normalized spacial score (nSPS) is 10.3. The molecule has 0 aliphatic carbocycles. The molecule has 2 aromatic rings. The lowest BCUT2D eigenvalue weighted by Gasteiger charge is -1.97. The molecule has 0 unspecified atom stereocenters. The Balaban J connectivity index is 2.08. The predicted octanol–water partition coefficient (Wildman–Crippen LogP) is 2.61. The SMILES string of the molecule is O=CCc1csc(Cc2ccc(F)cc2)n1. The number of rotatable bonds is 4. The number of aldehydes is 1. The van der Waals surface area contributed by atoms with Gasteiger partial charge in [0.1, 0.15) is 12.1 Å². The summed E-state index contributed by atoms with van der Waals surface area (Å²) < 4.78 is 12.7. The van der Waals surface area contributed by atoms with Crippen molar-refractivity contribution < 1.29 is 9.18 Å². The number of thiazole rings is 1. The zero-order chi connectivity index (χ0) is 11.4. The molecule has 0 saturated heterocycles.